The Labute approximate surface area is 106 Å². The summed E-state index contributed by atoms with van der Waals surface area (Å²) in [6, 6.07) is 0.472. The van der Waals surface area contributed by atoms with Gasteiger partial charge >= 0.3 is 0 Å². The fourth-order valence-corrected chi connectivity index (χ4v) is 2.43. The largest absolute Gasteiger partial charge is 0.355 e. The highest BCUT2D eigenvalue weighted by Gasteiger charge is 2.19. The molecule has 1 aliphatic carbocycles. The molecule has 0 radical (unpaired) electrons. The first-order valence-electron chi connectivity index (χ1n) is 7.09. The maximum atomic E-state index is 11.6. The van der Waals surface area contributed by atoms with E-state index in [4.69, 9.17) is 0 Å². The highest BCUT2D eigenvalue weighted by Crippen LogP contribution is 2.26. The zero-order valence-electron chi connectivity index (χ0n) is 11.6. The number of carbonyl (C=O) groups is 1. The van der Waals surface area contributed by atoms with Crippen LogP contribution in [0.2, 0.25) is 0 Å². The number of carbonyl (C=O) groups excluding carboxylic acids is 1. The lowest BCUT2D eigenvalue weighted by molar-refractivity contribution is -0.120. The standard InChI is InChI=1S/C14H28N2O/c1-11(2)9-16-14(17)10-15-12(3)13-7-5-4-6-8-13/h11-13,15H,4-10H2,1-3H3,(H,16,17)/t12-/m1/s1. The number of hydrogen-bond donors (Lipinski definition) is 2. The van der Waals surface area contributed by atoms with Crippen molar-refractivity contribution in [1.82, 2.24) is 10.6 Å². The number of nitrogens with one attached hydrogen (secondary N) is 2. The van der Waals surface area contributed by atoms with Crippen molar-refractivity contribution >= 4 is 5.91 Å². The van der Waals surface area contributed by atoms with Crippen LogP contribution in [0.15, 0.2) is 0 Å². The van der Waals surface area contributed by atoms with Crippen LogP contribution in [0.1, 0.15) is 52.9 Å². The van der Waals surface area contributed by atoms with E-state index >= 15 is 0 Å². The molecule has 1 fully saturated rings. The van der Waals surface area contributed by atoms with Crippen LogP contribution in [-0.2, 0) is 4.79 Å². The molecule has 1 rings (SSSR count). The second kappa shape index (κ2) is 7.70. The molecule has 3 heteroatoms. The van der Waals surface area contributed by atoms with Crippen molar-refractivity contribution in [2.75, 3.05) is 13.1 Å². The van der Waals surface area contributed by atoms with E-state index in [1.165, 1.54) is 32.1 Å². The first-order chi connectivity index (χ1) is 8.09. The summed E-state index contributed by atoms with van der Waals surface area (Å²) in [7, 11) is 0. The Morgan fingerprint density at radius 3 is 2.41 bits per heavy atom. The first-order valence-corrected chi connectivity index (χ1v) is 7.09. The first kappa shape index (κ1) is 14.5. The van der Waals surface area contributed by atoms with E-state index in [9.17, 15) is 4.79 Å². The Morgan fingerprint density at radius 1 is 1.18 bits per heavy atom. The van der Waals surface area contributed by atoms with Crippen LogP contribution in [0.3, 0.4) is 0 Å². The van der Waals surface area contributed by atoms with Gasteiger partial charge in [-0.05, 0) is 31.6 Å². The molecule has 1 aliphatic rings. The Kier molecular flexibility index (Phi) is 6.56. The summed E-state index contributed by atoms with van der Waals surface area (Å²) in [6.07, 6.45) is 6.74. The average Bonchev–Trinajstić information content (AvgIpc) is 2.34. The van der Waals surface area contributed by atoms with Gasteiger partial charge in [-0.15, -0.1) is 0 Å². The van der Waals surface area contributed by atoms with Crippen molar-refractivity contribution < 1.29 is 4.79 Å². The van der Waals surface area contributed by atoms with Crippen molar-refractivity contribution in [2.24, 2.45) is 11.8 Å². The van der Waals surface area contributed by atoms with Crippen LogP contribution in [0.25, 0.3) is 0 Å². The number of amides is 1. The minimum atomic E-state index is 0.126. The predicted molar refractivity (Wildman–Crippen MR) is 71.9 cm³/mol. The van der Waals surface area contributed by atoms with Gasteiger partial charge in [0.05, 0.1) is 6.54 Å². The van der Waals surface area contributed by atoms with Gasteiger partial charge in [-0.1, -0.05) is 33.1 Å². The molecular weight excluding hydrogens is 212 g/mol. The van der Waals surface area contributed by atoms with Gasteiger partial charge in [0, 0.05) is 12.6 Å². The fourth-order valence-electron chi connectivity index (χ4n) is 2.43. The quantitative estimate of drug-likeness (QED) is 0.748. The normalized spacial score (nSPS) is 19.3. The van der Waals surface area contributed by atoms with Gasteiger partial charge in [-0.2, -0.15) is 0 Å². The molecule has 1 amide bonds. The highest BCUT2D eigenvalue weighted by molar-refractivity contribution is 5.77. The van der Waals surface area contributed by atoms with Crippen LogP contribution >= 0.6 is 0 Å². The summed E-state index contributed by atoms with van der Waals surface area (Å²) >= 11 is 0. The molecule has 17 heavy (non-hydrogen) atoms. The van der Waals surface area contributed by atoms with Crippen LogP contribution in [0.4, 0.5) is 0 Å². The molecule has 3 nitrogen and oxygen atoms in total. The summed E-state index contributed by atoms with van der Waals surface area (Å²) in [6.45, 7) is 7.67. The van der Waals surface area contributed by atoms with Crippen LogP contribution in [-0.4, -0.2) is 25.0 Å². The van der Waals surface area contributed by atoms with E-state index in [1.54, 1.807) is 0 Å². The van der Waals surface area contributed by atoms with Crippen LogP contribution < -0.4 is 10.6 Å². The third-order valence-electron chi connectivity index (χ3n) is 3.65. The maximum absolute atomic E-state index is 11.6. The summed E-state index contributed by atoms with van der Waals surface area (Å²) in [4.78, 5) is 11.6. The Balaban J connectivity index is 2.13. The molecule has 0 bridgehead atoms. The minimum Gasteiger partial charge on any atom is -0.355 e. The second-order valence-corrected chi connectivity index (χ2v) is 5.77. The zero-order chi connectivity index (χ0) is 12.7. The van der Waals surface area contributed by atoms with Crippen LogP contribution in [0, 0.1) is 11.8 Å². The van der Waals surface area contributed by atoms with Gasteiger partial charge in [-0.3, -0.25) is 4.79 Å². The number of rotatable bonds is 6. The molecule has 1 saturated carbocycles. The van der Waals surface area contributed by atoms with Crippen molar-refractivity contribution in [1.29, 1.82) is 0 Å². The molecule has 0 unspecified atom stereocenters. The van der Waals surface area contributed by atoms with Gasteiger partial charge in [0.25, 0.3) is 0 Å². The minimum absolute atomic E-state index is 0.126. The summed E-state index contributed by atoms with van der Waals surface area (Å²) in [5.74, 6) is 1.41. The second-order valence-electron chi connectivity index (χ2n) is 5.77. The third-order valence-corrected chi connectivity index (χ3v) is 3.65. The molecule has 1 atom stereocenters. The van der Waals surface area contributed by atoms with E-state index in [0.717, 1.165) is 12.5 Å². The van der Waals surface area contributed by atoms with E-state index in [2.05, 4.69) is 31.4 Å². The summed E-state index contributed by atoms with van der Waals surface area (Å²) in [5.41, 5.74) is 0. The zero-order valence-corrected chi connectivity index (χ0v) is 11.6. The molecule has 100 valence electrons. The molecule has 0 spiro atoms. The van der Waals surface area contributed by atoms with E-state index in [0.29, 0.717) is 18.5 Å². The van der Waals surface area contributed by atoms with Crippen molar-refractivity contribution in [3.05, 3.63) is 0 Å². The third kappa shape index (κ3) is 6.06. The van der Waals surface area contributed by atoms with Crippen molar-refractivity contribution in [2.45, 2.75) is 58.9 Å². The van der Waals surface area contributed by atoms with E-state index < -0.39 is 0 Å². The fraction of sp³-hybridized carbons (Fsp3) is 0.929. The molecular formula is C14H28N2O. The smallest absolute Gasteiger partial charge is 0.233 e. The lowest BCUT2D eigenvalue weighted by atomic mass is 9.84. The lowest BCUT2D eigenvalue weighted by Crippen LogP contribution is -2.42. The summed E-state index contributed by atoms with van der Waals surface area (Å²) in [5, 5.41) is 6.30. The van der Waals surface area contributed by atoms with Crippen molar-refractivity contribution in [3.63, 3.8) is 0 Å². The Hall–Kier alpha value is -0.570. The van der Waals surface area contributed by atoms with Gasteiger partial charge in [-0.25, -0.2) is 0 Å². The van der Waals surface area contributed by atoms with Gasteiger partial charge in [0.1, 0.15) is 0 Å². The van der Waals surface area contributed by atoms with Crippen LogP contribution in [0.5, 0.6) is 0 Å². The number of hydrogen-bond acceptors (Lipinski definition) is 2. The topological polar surface area (TPSA) is 41.1 Å². The monoisotopic (exact) mass is 240 g/mol. The van der Waals surface area contributed by atoms with Gasteiger partial charge in [0.15, 0.2) is 0 Å². The molecule has 0 aromatic heterocycles. The van der Waals surface area contributed by atoms with Crippen molar-refractivity contribution in [3.8, 4) is 0 Å². The lowest BCUT2D eigenvalue weighted by Gasteiger charge is -2.28. The predicted octanol–water partition coefficient (Wildman–Crippen LogP) is 2.32. The highest BCUT2D eigenvalue weighted by atomic mass is 16.1. The van der Waals surface area contributed by atoms with Gasteiger partial charge in [0.2, 0.25) is 5.91 Å². The Morgan fingerprint density at radius 2 is 1.82 bits per heavy atom. The molecule has 0 aliphatic heterocycles. The van der Waals surface area contributed by atoms with E-state index in [1.807, 2.05) is 0 Å². The SMILES string of the molecule is CC(C)CNC(=O)CN[C@H](C)C1CCCCC1. The molecule has 0 saturated heterocycles. The summed E-state index contributed by atoms with van der Waals surface area (Å²) < 4.78 is 0. The molecule has 0 aromatic carbocycles. The molecule has 2 N–H and O–H groups in total. The Bertz CT molecular complexity index is 222. The van der Waals surface area contributed by atoms with E-state index in [-0.39, 0.29) is 5.91 Å². The van der Waals surface area contributed by atoms with Gasteiger partial charge < -0.3 is 10.6 Å². The molecule has 0 aromatic rings. The average molecular weight is 240 g/mol. The molecule has 0 heterocycles. The maximum Gasteiger partial charge on any atom is 0.233 e.